The molecule has 0 aromatic carbocycles. The quantitative estimate of drug-likeness (QED) is 0.554. The maximum atomic E-state index is 8.70. The Kier molecular flexibility index (Phi) is 6.35. The molecule has 1 heterocycles. The van der Waals surface area contributed by atoms with E-state index in [0.717, 1.165) is 6.54 Å². The first kappa shape index (κ1) is 14.2. The van der Waals surface area contributed by atoms with Crippen LogP contribution >= 0.6 is 0 Å². The molecule has 0 radical (unpaired) electrons. The summed E-state index contributed by atoms with van der Waals surface area (Å²) in [6.07, 6.45) is 8.82. The van der Waals surface area contributed by atoms with Crippen LogP contribution in [0.25, 0.3) is 0 Å². The fourth-order valence-corrected chi connectivity index (χ4v) is 0.975. The van der Waals surface area contributed by atoms with Crippen LogP contribution in [0.3, 0.4) is 0 Å². The number of nitrogens with zero attached hydrogens (tertiary/aromatic N) is 2. The number of aromatic nitrogens is 2. The van der Waals surface area contributed by atoms with Gasteiger partial charge < -0.3 is 0 Å². The minimum absolute atomic E-state index is 1.15. The van der Waals surface area contributed by atoms with Gasteiger partial charge in [0.05, 0.1) is 13.6 Å². The summed E-state index contributed by atoms with van der Waals surface area (Å²) in [4.78, 5) is 0. The van der Waals surface area contributed by atoms with E-state index in [1.54, 1.807) is 0 Å². The van der Waals surface area contributed by atoms with Crippen LogP contribution < -0.4 is 8.76 Å². The third-order valence-electron chi connectivity index (χ3n) is 1.59. The molecule has 1 aromatic rings. The zero-order valence-corrected chi connectivity index (χ0v) is 10.5. The standard InChI is InChI=1S/C8H15N2.H2O4Se/c1-3-4-5-10-7-6-9(2)8-10;1-5(2,3)4/h6-8H,3-5H2,1-2H3;(H2,1,2,3,4)/q+1;/p-1. The van der Waals surface area contributed by atoms with Gasteiger partial charge in [0, 0.05) is 0 Å². The van der Waals surface area contributed by atoms with Crippen LogP contribution in [0.4, 0.5) is 0 Å². The molecule has 0 spiro atoms. The fourth-order valence-electron chi connectivity index (χ4n) is 0.975. The second-order valence-electron chi connectivity index (χ2n) is 3.10. The average Bonchev–Trinajstić information content (AvgIpc) is 2.45. The van der Waals surface area contributed by atoms with E-state index in [-0.39, 0.29) is 0 Å². The Balaban J connectivity index is 0.000000336. The molecule has 88 valence electrons. The summed E-state index contributed by atoms with van der Waals surface area (Å²) in [5, 5.41) is 0. The van der Waals surface area contributed by atoms with E-state index in [2.05, 4.69) is 34.8 Å². The molecule has 0 fully saturated rings. The van der Waals surface area contributed by atoms with Gasteiger partial charge in [0.25, 0.3) is 0 Å². The number of hydrogen-bond acceptors (Lipinski definition) is 3. The monoisotopic (exact) mass is 284 g/mol. The third kappa shape index (κ3) is 11.2. The first-order valence-electron chi connectivity index (χ1n) is 4.52. The van der Waals surface area contributed by atoms with Gasteiger partial charge in [0.2, 0.25) is 6.33 Å². The Morgan fingerprint density at radius 2 is 2.07 bits per heavy atom. The van der Waals surface area contributed by atoms with Crippen molar-refractivity contribution in [2.24, 2.45) is 7.05 Å². The van der Waals surface area contributed by atoms with Gasteiger partial charge in [-0.15, -0.1) is 0 Å². The molecule has 0 aliphatic carbocycles. The minimum atomic E-state index is -5.50. The maximum absolute atomic E-state index is 8.70. The van der Waals surface area contributed by atoms with Crippen molar-refractivity contribution in [3.63, 3.8) is 0 Å². The van der Waals surface area contributed by atoms with Crippen molar-refractivity contribution in [3.05, 3.63) is 18.7 Å². The molecule has 1 aromatic heterocycles. The molecule has 1 N–H and O–H groups in total. The van der Waals surface area contributed by atoms with Crippen LogP contribution in [0.5, 0.6) is 0 Å². The van der Waals surface area contributed by atoms with E-state index in [0.29, 0.717) is 0 Å². The van der Waals surface area contributed by atoms with Gasteiger partial charge in [-0.05, 0) is 6.42 Å². The van der Waals surface area contributed by atoms with E-state index in [9.17, 15) is 0 Å². The van der Waals surface area contributed by atoms with E-state index < -0.39 is 13.4 Å². The van der Waals surface area contributed by atoms with Crippen molar-refractivity contribution >= 4 is 13.4 Å². The Hall–Kier alpha value is -0.751. The zero-order valence-electron chi connectivity index (χ0n) is 8.83. The van der Waals surface area contributed by atoms with Crippen LogP contribution in [-0.4, -0.2) is 22.1 Å². The van der Waals surface area contributed by atoms with Gasteiger partial charge in [-0.1, -0.05) is 13.3 Å². The van der Waals surface area contributed by atoms with Crippen LogP contribution in [0.15, 0.2) is 18.7 Å². The summed E-state index contributed by atoms with van der Waals surface area (Å²) in [5.74, 6) is 0. The molecule has 15 heavy (non-hydrogen) atoms. The molecule has 0 saturated heterocycles. The van der Waals surface area contributed by atoms with Crippen LogP contribution in [-0.2, 0) is 21.3 Å². The average molecular weight is 283 g/mol. The Bertz CT molecular complexity index is 364. The summed E-state index contributed by atoms with van der Waals surface area (Å²) in [7, 11) is 2.04. The van der Waals surface area contributed by atoms with Gasteiger partial charge in [-0.2, -0.15) is 0 Å². The molecule has 0 aliphatic heterocycles. The molecule has 0 amide bonds. The summed E-state index contributed by atoms with van der Waals surface area (Å²) in [6.45, 7) is 3.36. The van der Waals surface area contributed by atoms with Crippen molar-refractivity contribution in [3.8, 4) is 0 Å². The molecule has 0 bridgehead atoms. The van der Waals surface area contributed by atoms with Gasteiger partial charge in [0.15, 0.2) is 0 Å². The second-order valence-corrected chi connectivity index (χ2v) is 4.89. The van der Waals surface area contributed by atoms with Gasteiger partial charge >= 0.3 is 29.4 Å². The molecule has 0 unspecified atom stereocenters. The molecule has 1 rings (SSSR count). The molecular weight excluding hydrogens is 267 g/mol. The molecule has 0 aliphatic rings. The third-order valence-corrected chi connectivity index (χ3v) is 1.59. The van der Waals surface area contributed by atoms with E-state index in [1.165, 1.54) is 12.8 Å². The van der Waals surface area contributed by atoms with Gasteiger partial charge in [0.1, 0.15) is 12.4 Å². The summed E-state index contributed by atoms with van der Waals surface area (Å²) in [6, 6.07) is 0. The predicted molar refractivity (Wildman–Crippen MR) is 49.9 cm³/mol. The van der Waals surface area contributed by atoms with E-state index in [1.807, 2.05) is 7.05 Å². The Morgan fingerprint density at radius 1 is 1.53 bits per heavy atom. The van der Waals surface area contributed by atoms with Gasteiger partial charge in [-0.3, -0.25) is 0 Å². The SMILES string of the molecule is CCCCn1cc[n+](C)c1.O=[Se](=O)([O-])O. The van der Waals surface area contributed by atoms with Gasteiger partial charge in [-0.25, -0.2) is 9.13 Å². The first-order chi connectivity index (χ1) is 6.83. The first-order valence-corrected chi connectivity index (χ1v) is 7.38. The predicted octanol–water partition coefficient (Wildman–Crippen LogP) is -1.25. The van der Waals surface area contributed by atoms with Crippen molar-refractivity contribution < 1.29 is 20.6 Å². The Morgan fingerprint density at radius 3 is 2.40 bits per heavy atom. The van der Waals surface area contributed by atoms with Crippen LogP contribution in [0, 0.1) is 0 Å². The van der Waals surface area contributed by atoms with Crippen molar-refractivity contribution in [2.45, 2.75) is 26.3 Å². The normalized spacial score (nSPS) is 10.7. The van der Waals surface area contributed by atoms with Crippen molar-refractivity contribution in [1.29, 1.82) is 0 Å². The number of rotatable bonds is 3. The molecule has 7 heteroatoms. The number of hydrogen-bond donors (Lipinski definition) is 1. The fraction of sp³-hybridized carbons (Fsp3) is 0.625. The zero-order chi connectivity index (χ0) is 11.9. The summed E-state index contributed by atoms with van der Waals surface area (Å²) >= 11 is -5.50. The summed E-state index contributed by atoms with van der Waals surface area (Å²) < 4.78 is 37.4. The molecule has 0 atom stereocenters. The van der Waals surface area contributed by atoms with Crippen molar-refractivity contribution in [2.75, 3.05) is 0 Å². The number of imidazole rings is 1. The van der Waals surface area contributed by atoms with E-state index in [4.69, 9.17) is 16.0 Å². The van der Waals surface area contributed by atoms with Crippen LogP contribution in [0.2, 0.25) is 0 Å². The Labute approximate surface area is 91.1 Å². The van der Waals surface area contributed by atoms with E-state index >= 15 is 0 Å². The number of aryl methyl sites for hydroxylation is 2. The molecular formula is C8H16N2O4Se. The second kappa shape index (κ2) is 6.68. The molecule has 6 nitrogen and oxygen atoms in total. The summed E-state index contributed by atoms with van der Waals surface area (Å²) in [5.41, 5.74) is 0. The topological polar surface area (TPSA) is 86.2 Å². The van der Waals surface area contributed by atoms with Crippen LogP contribution in [0.1, 0.15) is 19.8 Å². The number of unbranched alkanes of at least 4 members (excludes halogenated alkanes) is 1. The molecule has 0 saturated carbocycles. The van der Waals surface area contributed by atoms with Crippen molar-refractivity contribution in [1.82, 2.24) is 4.57 Å².